The number of carbonyl (C=O) groups excluding carboxylic acids is 1. The van der Waals surface area contributed by atoms with Crippen molar-refractivity contribution in [2.24, 2.45) is 17.6 Å². The standard InChI is InChI=1S/C21H19ClF2N6O2/c22-21(23,24)32-13-3-1-12(2-4-13)28-20(31)11-7-14(17-5-6-27-29-17)19(26-8-11)30-9-15-16(10-30)18(15)25/h1-8,15-16,18H,9-10,25H2,(H,27,29)(H,28,31)/t15-,16+,18-. The lowest BCUT2D eigenvalue weighted by Gasteiger charge is -2.23. The van der Waals surface area contributed by atoms with Crippen molar-refractivity contribution in [3.05, 3.63) is 54.4 Å². The maximum absolute atomic E-state index is 12.8. The van der Waals surface area contributed by atoms with Gasteiger partial charge in [0.2, 0.25) is 0 Å². The van der Waals surface area contributed by atoms with Crippen LogP contribution in [-0.4, -0.2) is 45.8 Å². The fourth-order valence-electron chi connectivity index (χ4n) is 4.13. The monoisotopic (exact) mass is 460 g/mol. The summed E-state index contributed by atoms with van der Waals surface area (Å²) in [5.74, 6) is 1.22. The molecule has 2 aliphatic rings. The van der Waals surface area contributed by atoms with Crippen LogP contribution >= 0.6 is 11.6 Å². The highest BCUT2D eigenvalue weighted by atomic mass is 35.5. The second kappa shape index (κ2) is 7.72. The maximum Gasteiger partial charge on any atom is 0.487 e. The highest BCUT2D eigenvalue weighted by Gasteiger charge is 2.54. The van der Waals surface area contributed by atoms with E-state index in [1.54, 1.807) is 12.3 Å². The number of anilines is 2. The SMILES string of the molecule is N[C@H]1[C@H]2CN(c3ncc(C(=O)Nc4ccc(OC(F)(F)Cl)cc4)cc3-c3ccn[nH]3)C[C@@H]12. The van der Waals surface area contributed by atoms with Crippen LogP contribution < -0.4 is 20.7 Å². The summed E-state index contributed by atoms with van der Waals surface area (Å²) in [4.78, 5) is 19.6. The first-order valence-electron chi connectivity index (χ1n) is 9.96. The van der Waals surface area contributed by atoms with Crippen molar-refractivity contribution >= 4 is 29.0 Å². The zero-order valence-electron chi connectivity index (χ0n) is 16.6. The fraction of sp³-hybridized carbons (Fsp3) is 0.286. The maximum atomic E-state index is 12.8. The molecule has 0 spiro atoms. The molecule has 1 saturated carbocycles. The van der Waals surface area contributed by atoms with Gasteiger partial charge in [-0.1, -0.05) is 0 Å². The Kier molecular flexibility index (Phi) is 4.98. The average Bonchev–Trinajstić information content (AvgIpc) is 3.20. The molecule has 2 fully saturated rings. The van der Waals surface area contributed by atoms with Crippen LogP contribution in [-0.2, 0) is 0 Å². The molecule has 1 aliphatic carbocycles. The Morgan fingerprint density at radius 3 is 2.59 bits per heavy atom. The van der Waals surface area contributed by atoms with E-state index in [1.807, 2.05) is 6.07 Å². The van der Waals surface area contributed by atoms with E-state index in [0.29, 0.717) is 23.1 Å². The molecular weight excluding hydrogens is 442 g/mol. The van der Waals surface area contributed by atoms with Crippen molar-refractivity contribution in [3.63, 3.8) is 0 Å². The van der Waals surface area contributed by atoms with E-state index in [-0.39, 0.29) is 11.8 Å². The Balaban J connectivity index is 1.35. The summed E-state index contributed by atoms with van der Waals surface area (Å²) < 4.78 is 29.7. The van der Waals surface area contributed by atoms with E-state index >= 15 is 0 Å². The number of hydrogen-bond donors (Lipinski definition) is 3. The van der Waals surface area contributed by atoms with Crippen LogP contribution in [0, 0.1) is 11.8 Å². The molecule has 0 radical (unpaired) electrons. The quantitative estimate of drug-likeness (QED) is 0.487. The highest BCUT2D eigenvalue weighted by molar-refractivity contribution is 6.20. The van der Waals surface area contributed by atoms with Crippen molar-refractivity contribution in [3.8, 4) is 17.0 Å². The van der Waals surface area contributed by atoms with Crippen molar-refractivity contribution in [1.29, 1.82) is 0 Å². The number of alkyl halides is 3. The van der Waals surface area contributed by atoms with E-state index in [4.69, 9.17) is 17.3 Å². The smallest absolute Gasteiger partial charge is 0.420 e. The van der Waals surface area contributed by atoms with E-state index in [1.165, 1.54) is 30.5 Å². The molecule has 5 rings (SSSR count). The number of hydrogen-bond acceptors (Lipinski definition) is 6. The third-order valence-electron chi connectivity index (χ3n) is 5.83. The molecule has 1 saturated heterocycles. The molecule has 32 heavy (non-hydrogen) atoms. The number of ether oxygens (including phenoxy) is 1. The molecular formula is C21H19ClF2N6O2. The van der Waals surface area contributed by atoms with Crippen molar-refractivity contribution in [2.45, 2.75) is 11.6 Å². The van der Waals surface area contributed by atoms with Crippen LogP contribution in [0.15, 0.2) is 48.8 Å². The normalized spacial score (nSPS) is 21.9. The summed E-state index contributed by atoms with van der Waals surface area (Å²) in [6, 6.07) is 9.27. The topological polar surface area (TPSA) is 109 Å². The molecule has 11 heteroatoms. The first kappa shape index (κ1) is 20.7. The van der Waals surface area contributed by atoms with Crippen LogP contribution in [0.5, 0.6) is 5.75 Å². The number of piperidine rings is 1. The van der Waals surface area contributed by atoms with Gasteiger partial charge in [-0.3, -0.25) is 9.89 Å². The zero-order chi connectivity index (χ0) is 22.5. The number of fused-ring (bicyclic) bond motifs is 1. The van der Waals surface area contributed by atoms with Gasteiger partial charge >= 0.3 is 5.57 Å². The lowest BCUT2D eigenvalue weighted by atomic mass is 10.1. The van der Waals surface area contributed by atoms with E-state index < -0.39 is 11.5 Å². The molecule has 1 aromatic carbocycles. The number of halogens is 3. The number of carbonyl (C=O) groups is 1. The first-order valence-corrected chi connectivity index (χ1v) is 10.3. The van der Waals surface area contributed by atoms with Gasteiger partial charge in [-0.05, 0) is 48.2 Å². The minimum atomic E-state index is -3.80. The number of nitrogens with zero attached hydrogens (tertiary/aromatic N) is 3. The number of nitrogens with two attached hydrogens (primary N) is 1. The largest absolute Gasteiger partial charge is 0.487 e. The molecule has 0 bridgehead atoms. The van der Waals surface area contributed by atoms with Gasteiger partial charge in [0, 0.05) is 54.4 Å². The molecule has 3 aromatic rings. The van der Waals surface area contributed by atoms with Gasteiger partial charge < -0.3 is 20.7 Å². The van der Waals surface area contributed by atoms with Crippen molar-refractivity contribution < 1.29 is 18.3 Å². The Bertz CT molecular complexity index is 1120. The van der Waals surface area contributed by atoms with Crippen LogP contribution in [0.1, 0.15) is 10.4 Å². The van der Waals surface area contributed by atoms with Crippen LogP contribution in [0.2, 0.25) is 0 Å². The van der Waals surface area contributed by atoms with Gasteiger partial charge in [-0.25, -0.2) is 4.98 Å². The molecule has 2 aromatic heterocycles. The Labute approximate surface area is 186 Å². The summed E-state index contributed by atoms with van der Waals surface area (Å²) in [6.07, 6.45) is 3.15. The van der Waals surface area contributed by atoms with Gasteiger partial charge in [0.25, 0.3) is 5.91 Å². The second-order valence-corrected chi connectivity index (χ2v) is 8.34. The number of aromatic nitrogens is 3. The number of aromatic amines is 1. The number of benzene rings is 1. The van der Waals surface area contributed by atoms with Gasteiger partial charge in [0.15, 0.2) is 0 Å². The molecule has 1 amide bonds. The zero-order valence-corrected chi connectivity index (χ0v) is 17.4. The summed E-state index contributed by atoms with van der Waals surface area (Å²) in [6.45, 7) is 1.67. The van der Waals surface area contributed by atoms with E-state index in [0.717, 1.165) is 30.2 Å². The Morgan fingerprint density at radius 2 is 1.97 bits per heavy atom. The number of amides is 1. The van der Waals surface area contributed by atoms with Gasteiger partial charge in [0.1, 0.15) is 11.6 Å². The van der Waals surface area contributed by atoms with Crippen LogP contribution in [0.4, 0.5) is 20.3 Å². The van der Waals surface area contributed by atoms with E-state index in [2.05, 4.69) is 30.1 Å². The molecule has 3 heterocycles. The third kappa shape index (κ3) is 4.11. The van der Waals surface area contributed by atoms with E-state index in [9.17, 15) is 13.6 Å². The second-order valence-electron chi connectivity index (χ2n) is 7.90. The average molecular weight is 461 g/mol. The fourth-order valence-corrected chi connectivity index (χ4v) is 4.22. The molecule has 0 unspecified atom stereocenters. The molecule has 3 atom stereocenters. The number of pyridine rings is 1. The first-order chi connectivity index (χ1) is 15.3. The molecule has 166 valence electrons. The minimum Gasteiger partial charge on any atom is -0.420 e. The van der Waals surface area contributed by atoms with Crippen LogP contribution in [0.3, 0.4) is 0 Å². The summed E-state index contributed by atoms with van der Waals surface area (Å²) in [5, 5.41) is 9.66. The number of nitrogens with one attached hydrogen (secondary N) is 2. The van der Waals surface area contributed by atoms with Gasteiger partial charge in [-0.15, -0.1) is 8.78 Å². The van der Waals surface area contributed by atoms with Gasteiger partial charge in [-0.2, -0.15) is 5.10 Å². The third-order valence-corrected chi connectivity index (χ3v) is 5.90. The predicted octanol–water partition coefficient (Wildman–Crippen LogP) is 3.29. The minimum absolute atomic E-state index is 0.126. The van der Waals surface area contributed by atoms with Crippen LogP contribution in [0.25, 0.3) is 11.3 Å². The Hall–Kier alpha value is -3.24. The Morgan fingerprint density at radius 1 is 1.25 bits per heavy atom. The lowest BCUT2D eigenvalue weighted by molar-refractivity contribution is -0.0964. The van der Waals surface area contributed by atoms with Gasteiger partial charge in [0.05, 0.1) is 11.3 Å². The number of H-pyrrole nitrogens is 1. The summed E-state index contributed by atoms with van der Waals surface area (Å²) >= 11 is 4.76. The molecule has 8 nitrogen and oxygen atoms in total. The van der Waals surface area contributed by atoms with Crippen molar-refractivity contribution in [1.82, 2.24) is 15.2 Å². The lowest BCUT2D eigenvalue weighted by Crippen LogP contribution is -2.29. The molecule has 4 N–H and O–H groups in total. The predicted molar refractivity (Wildman–Crippen MR) is 115 cm³/mol. The highest BCUT2D eigenvalue weighted by Crippen LogP contribution is 2.46. The van der Waals surface area contributed by atoms with Crippen molar-refractivity contribution in [2.75, 3.05) is 23.3 Å². The summed E-state index contributed by atoms with van der Waals surface area (Å²) in [7, 11) is 0. The number of rotatable bonds is 6. The summed E-state index contributed by atoms with van der Waals surface area (Å²) in [5.41, 5.74) is 4.50. The molecule has 1 aliphatic heterocycles.